The summed E-state index contributed by atoms with van der Waals surface area (Å²) in [7, 11) is 0. The predicted octanol–water partition coefficient (Wildman–Crippen LogP) is 3.27. The highest BCUT2D eigenvalue weighted by Gasteiger charge is 2.05. The topological polar surface area (TPSA) is 41.8 Å². The first-order chi connectivity index (χ1) is 7.70. The summed E-state index contributed by atoms with van der Waals surface area (Å²) in [5, 5.41) is 2.00. The van der Waals surface area contributed by atoms with E-state index in [9.17, 15) is 0 Å². The molecular formula is C13H18N2S. The molecular weight excluding hydrogens is 216 g/mol. The van der Waals surface area contributed by atoms with Crippen molar-refractivity contribution in [3.63, 3.8) is 0 Å². The van der Waals surface area contributed by atoms with Crippen LogP contribution in [0.3, 0.4) is 0 Å². The Labute approximate surface area is 101 Å². The van der Waals surface area contributed by atoms with Crippen LogP contribution < -0.4 is 5.73 Å². The zero-order chi connectivity index (χ0) is 11.5. The Morgan fingerprint density at radius 2 is 2.19 bits per heavy atom. The van der Waals surface area contributed by atoms with Crippen LogP contribution in [0.2, 0.25) is 0 Å². The third-order valence-corrected chi connectivity index (χ3v) is 3.78. The van der Waals surface area contributed by atoms with Crippen LogP contribution in [0, 0.1) is 0 Å². The lowest BCUT2D eigenvalue weighted by Crippen LogP contribution is -1.95. The summed E-state index contributed by atoms with van der Waals surface area (Å²) in [6.07, 6.45) is 2.11. The Bertz CT molecular complexity index is 474. The van der Waals surface area contributed by atoms with Gasteiger partial charge in [0.25, 0.3) is 0 Å². The fraction of sp³-hybridized carbons (Fsp3) is 0.385. The zero-order valence-corrected chi connectivity index (χ0v) is 10.6. The lowest BCUT2D eigenvalue weighted by atomic mass is 10.1. The van der Waals surface area contributed by atoms with Gasteiger partial charge in [-0.3, -0.25) is 0 Å². The van der Waals surface area contributed by atoms with Gasteiger partial charge in [-0.1, -0.05) is 26.0 Å². The molecule has 0 radical (unpaired) electrons. The minimum atomic E-state index is 0.602. The van der Waals surface area contributed by atoms with Crippen molar-refractivity contribution in [1.82, 2.24) is 4.98 Å². The molecule has 0 aliphatic heterocycles. The molecule has 1 aromatic heterocycles. The number of fused-ring (bicyclic) bond motifs is 1. The second-order valence-corrected chi connectivity index (χ2v) is 5.82. The summed E-state index contributed by atoms with van der Waals surface area (Å²) in [5.74, 6) is 1.07. The zero-order valence-electron chi connectivity index (χ0n) is 9.79. The van der Waals surface area contributed by atoms with Crippen molar-refractivity contribution in [3.05, 3.63) is 35.5 Å². The molecule has 3 heteroatoms. The summed E-state index contributed by atoms with van der Waals surface area (Å²) in [6.45, 7) is 5.06. The monoisotopic (exact) mass is 234 g/mol. The second-order valence-electron chi connectivity index (χ2n) is 4.26. The molecule has 0 aliphatic carbocycles. The van der Waals surface area contributed by atoms with Gasteiger partial charge in [0.1, 0.15) is 0 Å². The first-order valence-electron chi connectivity index (χ1n) is 5.61. The normalized spacial score (nSPS) is 11.5. The fourth-order valence-corrected chi connectivity index (χ4v) is 2.49. The largest absolute Gasteiger partial charge is 0.361 e. The van der Waals surface area contributed by atoms with Gasteiger partial charge in [-0.05, 0) is 22.4 Å². The van der Waals surface area contributed by atoms with Crippen molar-refractivity contribution in [2.24, 2.45) is 5.73 Å². The first-order valence-corrected chi connectivity index (χ1v) is 6.66. The smallest absolute Gasteiger partial charge is 0.0460 e. The van der Waals surface area contributed by atoms with E-state index in [4.69, 9.17) is 5.73 Å². The van der Waals surface area contributed by atoms with E-state index >= 15 is 0 Å². The number of aromatic nitrogens is 1. The Balaban J connectivity index is 2.27. The summed E-state index contributed by atoms with van der Waals surface area (Å²) < 4.78 is 0. The van der Waals surface area contributed by atoms with Crippen molar-refractivity contribution in [2.75, 3.05) is 0 Å². The van der Waals surface area contributed by atoms with Gasteiger partial charge in [-0.15, -0.1) is 0 Å². The number of nitrogens with one attached hydrogen (secondary N) is 1. The van der Waals surface area contributed by atoms with E-state index in [-0.39, 0.29) is 0 Å². The Kier molecular flexibility index (Phi) is 3.56. The quantitative estimate of drug-likeness (QED) is 0.852. The first kappa shape index (κ1) is 11.6. The van der Waals surface area contributed by atoms with Crippen LogP contribution >= 0.6 is 11.8 Å². The molecule has 86 valence electrons. The molecule has 0 spiro atoms. The van der Waals surface area contributed by atoms with Gasteiger partial charge in [-0.2, -0.15) is 11.8 Å². The molecule has 16 heavy (non-hydrogen) atoms. The van der Waals surface area contributed by atoms with Crippen LogP contribution in [0.5, 0.6) is 0 Å². The maximum Gasteiger partial charge on any atom is 0.0460 e. The van der Waals surface area contributed by atoms with Gasteiger partial charge in [0.2, 0.25) is 0 Å². The molecule has 2 rings (SSSR count). The SMILES string of the molecule is CC(C)SCc1c[nH]c2cc(CN)ccc12. The molecule has 0 unspecified atom stereocenters. The number of nitrogens with two attached hydrogens (primary N) is 1. The summed E-state index contributed by atoms with van der Waals surface area (Å²) in [6, 6.07) is 6.42. The molecule has 2 nitrogen and oxygen atoms in total. The molecule has 0 bridgehead atoms. The number of aromatic amines is 1. The predicted molar refractivity (Wildman–Crippen MR) is 72.6 cm³/mol. The average Bonchev–Trinajstić information content (AvgIpc) is 2.68. The van der Waals surface area contributed by atoms with Gasteiger partial charge >= 0.3 is 0 Å². The van der Waals surface area contributed by atoms with E-state index in [0.29, 0.717) is 11.8 Å². The van der Waals surface area contributed by atoms with Crippen molar-refractivity contribution in [1.29, 1.82) is 0 Å². The van der Waals surface area contributed by atoms with Gasteiger partial charge in [0.05, 0.1) is 0 Å². The number of thioether (sulfide) groups is 1. The van der Waals surface area contributed by atoms with Crippen molar-refractivity contribution in [3.8, 4) is 0 Å². The molecule has 3 N–H and O–H groups in total. The lowest BCUT2D eigenvalue weighted by molar-refractivity contribution is 1.07. The molecule has 0 atom stereocenters. The van der Waals surface area contributed by atoms with E-state index in [1.807, 2.05) is 11.8 Å². The van der Waals surface area contributed by atoms with E-state index in [0.717, 1.165) is 5.75 Å². The number of hydrogen-bond acceptors (Lipinski definition) is 2. The molecule has 0 aliphatic rings. The number of rotatable bonds is 4. The van der Waals surface area contributed by atoms with Crippen molar-refractivity contribution < 1.29 is 0 Å². The van der Waals surface area contributed by atoms with E-state index in [1.54, 1.807) is 0 Å². The Morgan fingerprint density at radius 1 is 1.38 bits per heavy atom. The highest BCUT2D eigenvalue weighted by Crippen LogP contribution is 2.25. The molecule has 1 heterocycles. The summed E-state index contributed by atoms with van der Waals surface area (Å²) in [5.41, 5.74) is 9.39. The minimum absolute atomic E-state index is 0.602. The molecule has 2 aromatic rings. The molecule has 1 aromatic carbocycles. The Morgan fingerprint density at radius 3 is 2.88 bits per heavy atom. The van der Waals surface area contributed by atoms with E-state index in [2.05, 4.69) is 43.2 Å². The van der Waals surface area contributed by atoms with Gasteiger partial charge in [-0.25, -0.2) is 0 Å². The van der Waals surface area contributed by atoms with Gasteiger partial charge < -0.3 is 10.7 Å². The van der Waals surface area contributed by atoms with Crippen LogP contribution in [0.1, 0.15) is 25.0 Å². The van der Waals surface area contributed by atoms with Crippen LogP contribution in [-0.2, 0) is 12.3 Å². The minimum Gasteiger partial charge on any atom is -0.361 e. The molecule has 0 saturated heterocycles. The maximum atomic E-state index is 5.63. The third kappa shape index (κ3) is 2.42. The maximum absolute atomic E-state index is 5.63. The second kappa shape index (κ2) is 4.93. The molecule has 0 fully saturated rings. The molecule has 0 saturated carbocycles. The van der Waals surface area contributed by atoms with Crippen LogP contribution in [-0.4, -0.2) is 10.2 Å². The molecule has 0 amide bonds. The van der Waals surface area contributed by atoms with Crippen molar-refractivity contribution in [2.45, 2.75) is 31.4 Å². The fourth-order valence-electron chi connectivity index (χ4n) is 1.74. The third-order valence-electron chi connectivity index (χ3n) is 2.64. The number of benzene rings is 1. The van der Waals surface area contributed by atoms with Gasteiger partial charge in [0.15, 0.2) is 0 Å². The van der Waals surface area contributed by atoms with Crippen LogP contribution in [0.4, 0.5) is 0 Å². The highest BCUT2D eigenvalue weighted by molar-refractivity contribution is 7.99. The number of hydrogen-bond donors (Lipinski definition) is 2. The number of H-pyrrole nitrogens is 1. The van der Waals surface area contributed by atoms with Crippen molar-refractivity contribution >= 4 is 22.7 Å². The Hall–Kier alpha value is -0.930. The van der Waals surface area contributed by atoms with Crippen LogP contribution in [0.25, 0.3) is 10.9 Å². The summed E-state index contributed by atoms with van der Waals surface area (Å²) in [4.78, 5) is 3.32. The lowest BCUT2D eigenvalue weighted by Gasteiger charge is -2.03. The van der Waals surface area contributed by atoms with E-state index in [1.165, 1.54) is 22.0 Å². The van der Waals surface area contributed by atoms with E-state index < -0.39 is 0 Å². The highest BCUT2D eigenvalue weighted by atomic mass is 32.2. The summed E-state index contributed by atoms with van der Waals surface area (Å²) >= 11 is 1.97. The standard InChI is InChI=1S/C13H18N2S/c1-9(2)16-8-11-7-15-13-5-10(6-14)3-4-12(11)13/h3-5,7,9,15H,6,8,14H2,1-2H3. The van der Waals surface area contributed by atoms with Gasteiger partial charge in [0, 0.05) is 29.4 Å². The van der Waals surface area contributed by atoms with Crippen LogP contribution in [0.15, 0.2) is 24.4 Å². The average molecular weight is 234 g/mol.